The van der Waals surface area contributed by atoms with Crippen LogP contribution in [0.2, 0.25) is 0 Å². The van der Waals surface area contributed by atoms with Gasteiger partial charge in [-0.05, 0) is 12.0 Å². The van der Waals surface area contributed by atoms with Crippen molar-refractivity contribution in [3.63, 3.8) is 0 Å². The minimum absolute atomic E-state index is 0.121. The standard InChI is InChI=1S/C10H11F5OSi/c11-8-17(15,10(12,13)14)16-7-6-9-4-2-1-3-5-9/h1-5H,6-8H2. The minimum Gasteiger partial charge on any atom is -0.384 e. The Morgan fingerprint density at radius 1 is 1.12 bits per heavy atom. The summed E-state index contributed by atoms with van der Waals surface area (Å²) in [6, 6.07) is 8.50. The molecule has 17 heavy (non-hydrogen) atoms. The Morgan fingerprint density at radius 2 is 1.71 bits per heavy atom. The zero-order chi connectivity index (χ0) is 12.9. The highest BCUT2D eigenvalue weighted by atomic mass is 28.4. The normalized spacial score (nSPS) is 15.6. The number of alkyl halides is 4. The molecule has 1 aromatic carbocycles. The molecule has 0 saturated heterocycles. The molecule has 1 aromatic rings. The molecular weight excluding hydrogens is 259 g/mol. The molecule has 1 nitrogen and oxygen atoms in total. The largest absolute Gasteiger partial charge is 0.528 e. The minimum atomic E-state index is -5.75. The van der Waals surface area contributed by atoms with E-state index in [0.717, 1.165) is 0 Å². The first-order valence-corrected chi connectivity index (χ1v) is 6.88. The molecule has 0 aliphatic rings. The van der Waals surface area contributed by atoms with Gasteiger partial charge in [-0.2, -0.15) is 13.2 Å². The summed E-state index contributed by atoms with van der Waals surface area (Å²) in [4.78, 5) is 0. The molecule has 96 valence electrons. The van der Waals surface area contributed by atoms with Crippen molar-refractivity contribution >= 4 is 8.65 Å². The third kappa shape index (κ3) is 3.78. The molecule has 0 aliphatic heterocycles. The monoisotopic (exact) mass is 270 g/mol. The number of halogens is 5. The molecule has 0 aliphatic carbocycles. The molecule has 0 bridgehead atoms. The first-order chi connectivity index (χ1) is 7.89. The highest BCUT2D eigenvalue weighted by Gasteiger charge is 2.63. The number of hydrogen-bond donors (Lipinski definition) is 0. The summed E-state index contributed by atoms with van der Waals surface area (Å²) in [5.74, 6) is -5.22. The Bertz CT molecular complexity index is 342. The van der Waals surface area contributed by atoms with Crippen LogP contribution >= 0.6 is 0 Å². The zero-order valence-corrected chi connectivity index (χ0v) is 9.81. The molecule has 0 aromatic heterocycles. The van der Waals surface area contributed by atoms with Crippen molar-refractivity contribution in [3.05, 3.63) is 35.9 Å². The summed E-state index contributed by atoms with van der Waals surface area (Å²) in [7, 11) is -5.75. The van der Waals surface area contributed by atoms with Gasteiger partial charge in [-0.1, -0.05) is 30.3 Å². The summed E-state index contributed by atoms with van der Waals surface area (Å²) >= 11 is 0. The van der Waals surface area contributed by atoms with Gasteiger partial charge in [0.1, 0.15) is 6.30 Å². The van der Waals surface area contributed by atoms with Crippen LogP contribution in [0.5, 0.6) is 0 Å². The maximum Gasteiger partial charge on any atom is 0.528 e. The zero-order valence-electron chi connectivity index (χ0n) is 8.81. The van der Waals surface area contributed by atoms with Gasteiger partial charge >= 0.3 is 14.5 Å². The van der Waals surface area contributed by atoms with Gasteiger partial charge in [0, 0.05) is 6.61 Å². The van der Waals surface area contributed by atoms with Crippen molar-refractivity contribution in [2.24, 2.45) is 0 Å². The first-order valence-electron chi connectivity index (χ1n) is 4.88. The SMILES string of the molecule is FC[Si](F)(OCCc1ccccc1)C(F)(F)F. The Labute approximate surface area is 96.5 Å². The van der Waals surface area contributed by atoms with E-state index in [1.807, 2.05) is 0 Å². The van der Waals surface area contributed by atoms with Gasteiger partial charge in [-0.25, -0.2) is 4.39 Å². The van der Waals surface area contributed by atoms with E-state index in [9.17, 15) is 21.7 Å². The van der Waals surface area contributed by atoms with E-state index in [1.165, 1.54) is 0 Å². The summed E-state index contributed by atoms with van der Waals surface area (Å²) in [6.07, 6.45) is -1.99. The molecule has 0 N–H and O–H groups in total. The Kier molecular flexibility index (Phi) is 4.64. The number of rotatable bonds is 5. The van der Waals surface area contributed by atoms with Gasteiger partial charge in [0.25, 0.3) is 0 Å². The van der Waals surface area contributed by atoms with Gasteiger partial charge in [-0.15, -0.1) is 0 Å². The van der Waals surface area contributed by atoms with Crippen molar-refractivity contribution < 1.29 is 26.1 Å². The summed E-state index contributed by atoms with van der Waals surface area (Å²) in [5.41, 5.74) is 0.713. The van der Waals surface area contributed by atoms with E-state index in [-0.39, 0.29) is 6.42 Å². The quantitative estimate of drug-likeness (QED) is 0.453. The van der Waals surface area contributed by atoms with Gasteiger partial charge in [-0.3, -0.25) is 4.11 Å². The van der Waals surface area contributed by atoms with Crippen molar-refractivity contribution in [3.8, 4) is 0 Å². The van der Waals surface area contributed by atoms with Crippen LogP contribution in [0.4, 0.5) is 21.7 Å². The first kappa shape index (κ1) is 14.1. The van der Waals surface area contributed by atoms with Crippen molar-refractivity contribution in [2.45, 2.75) is 12.2 Å². The Morgan fingerprint density at radius 3 is 2.18 bits per heavy atom. The van der Waals surface area contributed by atoms with Gasteiger partial charge in [0.15, 0.2) is 0 Å². The Balaban J connectivity index is 2.50. The molecule has 0 radical (unpaired) electrons. The fraction of sp³-hybridized carbons (Fsp3) is 0.400. The lowest BCUT2D eigenvalue weighted by Crippen LogP contribution is -2.52. The molecule has 0 heterocycles. The second-order valence-electron chi connectivity index (χ2n) is 3.44. The Hall–Kier alpha value is -0.953. The number of hydrogen-bond acceptors (Lipinski definition) is 1. The van der Waals surface area contributed by atoms with E-state index < -0.39 is 27.4 Å². The fourth-order valence-electron chi connectivity index (χ4n) is 1.17. The molecule has 1 rings (SSSR count). The maximum absolute atomic E-state index is 13.1. The van der Waals surface area contributed by atoms with Crippen LogP contribution in [0.3, 0.4) is 0 Å². The average Bonchev–Trinajstić information content (AvgIpc) is 2.28. The molecule has 7 heteroatoms. The predicted octanol–water partition coefficient (Wildman–Crippen LogP) is 3.27. The van der Waals surface area contributed by atoms with Gasteiger partial charge < -0.3 is 4.43 Å². The van der Waals surface area contributed by atoms with Crippen LogP contribution in [0.15, 0.2) is 30.3 Å². The third-order valence-corrected chi connectivity index (χ3v) is 4.01. The third-order valence-electron chi connectivity index (χ3n) is 2.16. The lowest BCUT2D eigenvalue weighted by atomic mass is 10.2. The molecule has 1 unspecified atom stereocenters. The van der Waals surface area contributed by atoms with Crippen molar-refractivity contribution in [1.82, 2.24) is 0 Å². The van der Waals surface area contributed by atoms with Gasteiger partial charge in [0.05, 0.1) is 0 Å². The topological polar surface area (TPSA) is 9.23 Å². The summed E-state index contributed by atoms with van der Waals surface area (Å²) < 4.78 is 65.8. The lowest BCUT2D eigenvalue weighted by molar-refractivity contribution is -0.0877. The van der Waals surface area contributed by atoms with Crippen LogP contribution in [0.1, 0.15) is 5.56 Å². The molecule has 0 amide bonds. The summed E-state index contributed by atoms with van der Waals surface area (Å²) in [6.45, 7) is -0.476. The lowest BCUT2D eigenvalue weighted by Gasteiger charge is -2.21. The smallest absolute Gasteiger partial charge is 0.384 e. The van der Waals surface area contributed by atoms with Gasteiger partial charge in [0.2, 0.25) is 0 Å². The second kappa shape index (κ2) is 5.59. The molecule has 0 saturated carbocycles. The van der Waals surface area contributed by atoms with Crippen molar-refractivity contribution in [2.75, 3.05) is 12.9 Å². The summed E-state index contributed by atoms with van der Waals surface area (Å²) in [5, 5.41) is 0. The van der Waals surface area contributed by atoms with Crippen molar-refractivity contribution in [1.29, 1.82) is 0 Å². The van der Waals surface area contributed by atoms with E-state index in [0.29, 0.717) is 5.56 Å². The molecule has 0 fully saturated rings. The fourth-order valence-corrected chi connectivity index (χ4v) is 1.99. The highest BCUT2D eigenvalue weighted by Crippen LogP contribution is 2.31. The molecular formula is C10H11F5OSi. The highest BCUT2D eigenvalue weighted by molar-refractivity contribution is 6.68. The number of benzene rings is 1. The van der Waals surface area contributed by atoms with Crippen LogP contribution in [0.25, 0.3) is 0 Å². The van der Waals surface area contributed by atoms with E-state index in [1.54, 1.807) is 30.3 Å². The van der Waals surface area contributed by atoms with E-state index in [4.69, 9.17) is 0 Å². The van der Waals surface area contributed by atoms with E-state index in [2.05, 4.69) is 4.43 Å². The van der Waals surface area contributed by atoms with Crippen LogP contribution in [0, 0.1) is 0 Å². The second-order valence-corrected chi connectivity index (χ2v) is 6.02. The molecule has 0 spiro atoms. The molecule has 1 atom stereocenters. The average molecular weight is 270 g/mol. The van der Waals surface area contributed by atoms with Crippen LogP contribution in [-0.2, 0) is 10.8 Å². The predicted molar refractivity (Wildman–Crippen MR) is 55.0 cm³/mol. The maximum atomic E-state index is 13.1. The van der Waals surface area contributed by atoms with E-state index >= 15 is 0 Å². The van der Waals surface area contributed by atoms with Crippen LogP contribution < -0.4 is 0 Å². The van der Waals surface area contributed by atoms with Crippen LogP contribution in [-0.4, -0.2) is 27.4 Å².